The van der Waals surface area contributed by atoms with E-state index in [-0.39, 0.29) is 61.2 Å². The highest BCUT2D eigenvalue weighted by Gasteiger charge is 2.70. The summed E-state index contributed by atoms with van der Waals surface area (Å²) < 4.78 is 47.6. The molecule has 0 amide bonds. The Morgan fingerprint density at radius 1 is 0.913 bits per heavy atom. The summed E-state index contributed by atoms with van der Waals surface area (Å²) in [7, 11) is -4.55. The van der Waals surface area contributed by atoms with Crippen molar-refractivity contribution in [3.05, 3.63) is 12.2 Å². The van der Waals surface area contributed by atoms with Crippen LogP contribution < -0.4 is 0 Å². The molecule has 0 aromatic heterocycles. The zero-order valence-corrected chi connectivity index (χ0v) is 28.5. The Hall–Kier alpha value is -0.710. The van der Waals surface area contributed by atoms with Gasteiger partial charge in [-0.1, -0.05) is 46.8 Å². The predicted molar refractivity (Wildman–Crippen MR) is 166 cm³/mol. The van der Waals surface area contributed by atoms with E-state index < -0.39 is 69.6 Å². The van der Waals surface area contributed by atoms with Gasteiger partial charge in [-0.3, -0.25) is 4.55 Å². The van der Waals surface area contributed by atoms with Gasteiger partial charge >= 0.3 is 10.4 Å². The molecule has 13 heteroatoms. The van der Waals surface area contributed by atoms with E-state index in [0.29, 0.717) is 25.7 Å². The van der Waals surface area contributed by atoms with Crippen LogP contribution in [0.5, 0.6) is 0 Å². The van der Waals surface area contributed by atoms with E-state index in [1.165, 1.54) is 0 Å². The summed E-state index contributed by atoms with van der Waals surface area (Å²) in [6.45, 7) is 9.97. The van der Waals surface area contributed by atoms with Gasteiger partial charge in [0.15, 0.2) is 6.29 Å². The van der Waals surface area contributed by atoms with E-state index in [0.717, 1.165) is 12.8 Å². The topological polar surface area (TPSA) is 203 Å². The molecule has 46 heavy (non-hydrogen) atoms. The van der Waals surface area contributed by atoms with Crippen molar-refractivity contribution in [2.75, 3.05) is 13.2 Å². The summed E-state index contributed by atoms with van der Waals surface area (Å²) in [6, 6.07) is 0. The lowest BCUT2D eigenvalue weighted by molar-refractivity contribution is -0.300. The second kappa shape index (κ2) is 13.2. The summed E-state index contributed by atoms with van der Waals surface area (Å²) in [5, 5.41) is 66.2. The minimum absolute atomic E-state index is 0.0122. The standard InChI is InChI=1S/C33H56O12S/c1-17(2)19(15-44-46(40,41)42)7-6-18(3)21-13-23(34)29-32(21,5)11-9-26-31(4)10-8-20(12-22(31)24(35)14-33(26,29)39)45-30-28(38)27(37)25(36)16-43-30/h6-7,17-30,34-39H,8-16H2,1-5H3,(H,40,41,42)/t18-,19-,20+,21-,22?,23?,24?,25-,26-,27+,28-,29-,30+,31+,32-,33+/m1/s1. The van der Waals surface area contributed by atoms with Gasteiger partial charge in [0.1, 0.15) is 18.3 Å². The van der Waals surface area contributed by atoms with Crippen LogP contribution >= 0.6 is 0 Å². The van der Waals surface area contributed by atoms with Gasteiger partial charge in [-0.05, 0) is 78.9 Å². The second-order valence-corrected chi connectivity index (χ2v) is 17.1. The van der Waals surface area contributed by atoms with Gasteiger partial charge in [0.25, 0.3) is 0 Å². The smallest absolute Gasteiger partial charge is 0.393 e. The summed E-state index contributed by atoms with van der Waals surface area (Å²) in [6.07, 6.45) is 1.05. The van der Waals surface area contributed by atoms with Gasteiger partial charge in [0.05, 0.1) is 37.1 Å². The molecule has 4 aliphatic carbocycles. The van der Waals surface area contributed by atoms with Gasteiger partial charge in [0.2, 0.25) is 0 Å². The first-order chi connectivity index (χ1) is 21.3. The number of hydrogen-bond donors (Lipinski definition) is 7. The van der Waals surface area contributed by atoms with Crippen LogP contribution in [-0.4, -0.2) is 105 Å². The molecule has 1 aliphatic heterocycles. The van der Waals surface area contributed by atoms with Gasteiger partial charge in [0, 0.05) is 18.3 Å². The Kier molecular flexibility index (Phi) is 10.5. The number of allylic oxidation sites excluding steroid dienone is 1. The van der Waals surface area contributed by atoms with Crippen molar-refractivity contribution in [3.63, 3.8) is 0 Å². The van der Waals surface area contributed by atoms with Crippen molar-refractivity contribution in [2.24, 2.45) is 52.3 Å². The molecule has 1 heterocycles. The molecule has 16 atom stereocenters. The van der Waals surface area contributed by atoms with Crippen LogP contribution in [0.3, 0.4) is 0 Å². The fraction of sp³-hybridized carbons (Fsp3) is 0.939. The molecule has 5 fully saturated rings. The second-order valence-electron chi connectivity index (χ2n) is 16.0. The molecule has 7 N–H and O–H groups in total. The lowest BCUT2D eigenvalue weighted by Crippen LogP contribution is -2.68. The maximum absolute atomic E-state index is 12.7. The molecule has 4 saturated carbocycles. The van der Waals surface area contributed by atoms with Crippen LogP contribution in [0.15, 0.2) is 12.2 Å². The summed E-state index contributed by atoms with van der Waals surface area (Å²) in [5.41, 5.74) is -2.07. The van der Waals surface area contributed by atoms with E-state index in [2.05, 4.69) is 25.0 Å². The maximum atomic E-state index is 12.7. The average molecular weight is 677 g/mol. The number of fused-ring (bicyclic) bond motifs is 5. The quantitative estimate of drug-likeness (QED) is 0.106. The molecule has 266 valence electrons. The van der Waals surface area contributed by atoms with Crippen molar-refractivity contribution >= 4 is 10.4 Å². The van der Waals surface area contributed by atoms with Gasteiger partial charge in [-0.15, -0.1) is 0 Å². The van der Waals surface area contributed by atoms with Gasteiger partial charge in [-0.25, -0.2) is 4.18 Å². The average Bonchev–Trinajstić information content (AvgIpc) is 3.24. The zero-order chi connectivity index (χ0) is 34.0. The predicted octanol–water partition coefficient (Wildman–Crippen LogP) is 1.81. The summed E-state index contributed by atoms with van der Waals surface area (Å²) in [4.78, 5) is 0. The molecule has 3 unspecified atom stereocenters. The maximum Gasteiger partial charge on any atom is 0.397 e. The minimum atomic E-state index is -4.55. The molecular formula is C33H56O12S. The fourth-order valence-corrected chi connectivity index (χ4v) is 11.0. The van der Waals surface area contributed by atoms with E-state index in [1.807, 2.05) is 26.0 Å². The Labute approximate surface area is 273 Å². The van der Waals surface area contributed by atoms with Crippen molar-refractivity contribution in [1.82, 2.24) is 0 Å². The molecule has 12 nitrogen and oxygen atoms in total. The number of aliphatic hydroxyl groups excluding tert-OH is 5. The Balaban J connectivity index is 1.31. The first-order valence-electron chi connectivity index (χ1n) is 17.0. The first kappa shape index (κ1) is 36.6. The highest BCUT2D eigenvalue weighted by molar-refractivity contribution is 7.80. The molecule has 0 spiro atoms. The molecule has 5 rings (SSSR count). The monoisotopic (exact) mass is 676 g/mol. The largest absolute Gasteiger partial charge is 0.397 e. The third kappa shape index (κ3) is 6.60. The summed E-state index contributed by atoms with van der Waals surface area (Å²) in [5.74, 6) is -0.854. The Morgan fingerprint density at radius 3 is 2.24 bits per heavy atom. The lowest BCUT2D eigenvalue weighted by Gasteiger charge is -2.66. The lowest BCUT2D eigenvalue weighted by atomic mass is 9.42. The van der Waals surface area contributed by atoms with Crippen molar-refractivity contribution in [2.45, 2.75) is 128 Å². The number of hydrogen-bond acceptors (Lipinski definition) is 11. The Bertz CT molecular complexity index is 1210. The zero-order valence-electron chi connectivity index (χ0n) is 27.7. The van der Waals surface area contributed by atoms with Crippen LogP contribution in [0, 0.1) is 52.3 Å². The molecule has 0 bridgehead atoms. The molecule has 1 saturated heterocycles. The van der Waals surface area contributed by atoms with E-state index in [4.69, 9.17) is 14.0 Å². The summed E-state index contributed by atoms with van der Waals surface area (Å²) >= 11 is 0. The molecule has 5 aliphatic rings. The highest BCUT2D eigenvalue weighted by Crippen LogP contribution is 2.69. The van der Waals surface area contributed by atoms with E-state index in [9.17, 15) is 39.1 Å². The van der Waals surface area contributed by atoms with E-state index >= 15 is 0 Å². The van der Waals surface area contributed by atoms with Gasteiger partial charge in [-0.2, -0.15) is 8.42 Å². The van der Waals surface area contributed by atoms with Crippen LogP contribution in [0.4, 0.5) is 0 Å². The third-order valence-electron chi connectivity index (χ3n) is 13.1. The number of rotatable bonds is 9. The van der Waals surface area contributed by atoms with Gasteiger partial charge < -0.3 is 40.1 Å². The SMILES string of the molecule is CC(C)[C@H](C=C[C@@H](C)[C@H]1CC(O)[C@@H]2[C@]1(C)CC[C@H]1[C@@]2(O)CC(O)C2C[C@@H](O[C@@H]3OC[C@@H](O)[C@H](O)[C@H]3O)CC[C@@]21C)COS(=O)(=O)O. The van der Waals surface area contributed by atoms with Crippen molar-refractivity contribution < 1.29 is 57.3 Å². The highest BCUT2D eigenvalue weighted by atomic mass is 32.3. The molecule has 0 radical (unpaired) electrons. The van der Waals surface area contributed by atoms with Crippen molar-refractivity contribution in [1.29, 1.82) is 0 Å². The van der Waals surface area contributed by atoms with Crippen LogP contribution in [-0.2, 0) is 24.1 Å². The Morgan fingerprint density at radius 2 is 1.59 bits per heavy atom. The third-order valence-corrected chi connectivity index (χ3v) is 13.5. The minimum Gasteiger partial charge on any atom is -0.393 e. The molecule has 0 aromatic carbocycles. The normalized spacial score (nSPS) is 49.4. The van der Waals surface area contributed by atoms with E-state index in [1.54, 1.807) is 0 Å². The van der Waals surface area contributed by atoms with Crippen LogP contribution in [0.25, 0.3) is 0 Å². The fourth-order valence-electron chi connectivity index (χ4n) is 10.6. The molecular weight excluding hydrogens is 620 g/mol. The van der Waals surface area contributed by atoms with Crippen LogP contribution in [0.1, 0.15) is 79.6 Å². The van der Waals surface area contributed by atoms with Crippen LogP contribution in [0.2, 0.25) is 0 Å². The number of ether oxygens (including phenoxy) is 2. The van der Waals surface area contributed by atoms with Crippen molar-refractivity contribution in [3.8, 4) is 0 Å². The molecule has 0 aromatic rings. The first-order valence-corrected chi connectivity index (χ1v) is 18.4. The number of aliphatic hydroxyl groups is 6.